The molecular weight excluding hydrogens is 450 g/mol. The summed E-state index contributed by atoms with van der Waals surface area (Å²) in [4.78, 5) is 0. The molecule has 7 rings (SSSR count). The lowest BCUT2D eigenvalue weighted by molar-refractivity contribution is 0.602. The number of rotatable bonds is 2. The van der Waals surface area contributed by atoms with Crippen molar-refractivity contribution < 1.29 is 4.42 Å². The summed E-state index contributed by atoms with van der Waals surface area (Å²) in [6.07, 6.45) is 8.55. The van der Waals surface area contributed by atoms with E-state index in [-0.39, 0.29) is 5.41 Å². The van der Waals surface area contributed by atoms with Gasteiger partial charge in [-0.25, -0.2) is 0 Å². The van der Waals surface area contributed by atoms with Gasteiger partial charge in [0, 0.05) is 33.3 Å². The highest BCUT2D eigenvalue weighted by molar-refractivity contribution is 5.98. The van der Waals surface area contributed by atoms with Crippen molar-refractivity contribution in [1.82, 2.24) is 0 Å². The second-order valence-electron chi connectivity index (χ2n) is 10.7. The van der Waals surface area contributed by atoms with Crippen LogP contribution in [0, 0.1) is 6.92 Å². The lowest BCUT2D eigenvalue weighted by atomic mass is 9.82. The lowest BCUT2D eigenvalue weighted by Gasteiger charge is -2.22. The summed E-state index contributed by atoms with van der Waals surface area (Å²) in [6, 6.07) is 26.6. The van der Waals surface area contributed by atoms with Gasteiger partial charge in [-0.2, -0.15) is 0 Å². The van der Waals surface area contributed by atoms with Crippen LogP contribution in [0.25, 0.3) is 51.5 Å². The molecule has 2 nitrogen and oxygen atoms in total. The van der Waals surface area contributed by atoms with Crippen molar-refractivity contribution in [1.29, 1.82) is 0 Å². The topological polar surface area (TPSA) is 25.2 Å². The highest BCUT2D eigenvalue weighted by Gasteiger charge is 2.36. The number of anilines is 2. The van der Waals surface area contributed by atoms with Crippen molar-refractivity contribution in [2.75, 3.05) is 5.32 Å². The number of allylic oxidation sites excluding steroid dienone is 1. The number of fused-ring (bicyclic) bond motifs is 6. The molecule has 0 radical (unpaired) electrons. The van der Waals surface area contributed by atoms with E-state index in [2.05, 4.69) is 111 Å². The first kappa shape index (κ1) is 21.9. The largest absolute Gasteiger partial charge is 0.456 e. The average Bonchev–Trinajstić information content (AvgIpc) is 3.25. The summed E-state index contributed by atoms with van der Waals surface area (Å²) < 4.78 is 6.32. The normalized spacial score (nSPS) is 14.7. The van der Waals surface area contributed by atoms with E-state index in [1.807, 2.05) is 19.1 Å². The van der Waals surface area contributed by atoms with E-state index in [1.165, 1.54) is 44.3 Å². The maximum absolute atomic E-state index is 6.32. The first-order valence-corrected chi connectivity index (χ1v) is 13.0. The van der Waals surface area contributed by atoms with Crippen molar-refractivity contribution in [3.8, 4) is 22.3 Å². The highest BCUT2D eigenvalue weighted by Crippen LogP contribution is 2.51. The van der Waals surface area contributed by atoms with E-state index in [0.29, 0.717) is 0 Å². The van der Waals surface area contributed by atoms with Gasteiger partial charge < -0.3 is 9.73 Å². The van der Waals surface area contributed by atoms with E-state index in [4.69, 9.17) is 4.42 Å². The molecule has 4 aromatic carbocycles. The zero-order valence-corrected chi connectivity index (χ0v) is 21.6. The fourth-order valence-corrected chi connectivity index (χ4v) is 6.12. The number of nitrogens with one attached hydrogen (secondary N) is 1. The second kappa shape index (κ2) is 7.85. The third-order valence-electron chi connectivity index (χ3n) is 8.15. The van der Waals surface area contributed by atoms with E-state index in [1.54, 1.807) is 0 Å². The van der Waals surface area contributed by atoms with E-state index in [9.17, 15) is 0 Å². The Morgan fingerprint density at radius 2 is 1.54 bits per heavy atom. The van der Waals surface area contributed by atoms with Crippen molar-refractivity contribution >= 4 is 40.6 Å². The van der Waals surface area contributed by atoms with Gasteiger partial charge in [0.05, 0.1) is 0 Å². The van der Waals surface area contributed by atoms with Crippen LogP contribution in [-0.4, -0.2) is 0 Å². The molecular formula is C35H29NO. The summed E-state index contributed by atoms with van der Waals surface area (Å²) in [6.45, 7) is 8.81. The number of furan rings is 1. The van der Waals surface area contributed by atoms with Crippen molar-refractivity contribution in [3.05, 3.63) is 112 Å². The van der Waals surface area contributed by atoms with Gasteiger partial charge in [0.25, 0.3) is 0 Å². The molecule has 2 heteroatoms. The number of benzene rings is 4. The standard InChI is InChI=1S/C35H29NO/c1-5-9-33-21(2)25-11-8-12-26(34(25)37-33)22-16-17-31-23(18-22)14-15-24-19-30-28(20-32(24)36-31)27-10-6-7-13-29(27)35(30,3)4/h5-20,36H,1-4H3. The summed E-state index contributed by atoms with van der Waals surface area (Å²) in [5.41, 5.74) is 14.5. The molecule has 1 aromatic heterocycles. The molecule has 37 heavy (non-hydrogen) atoms. The lowest BCUT2D eigenvalue weighted by Crippen LogP contribution is -2.15. The third kappa shape index (κ3) is 3.18. The van der Waals surface area contributed by atoms with Gasteiger partial charge in [-0.1, -0.05) is 80.6 Å². The summed E-state index contributed by atoms with van der Waals surface area (Å²) in [5.74, 6) is 0.925. The minimum Gasteiger partial charge on any atom is -0.456 e. The third-order valence-corrected chi connectivity index (χ3v) is 8.15. The first-order chi connectivity index (χ1) is 18.0. The Hall–Kier alpha value is -4.30. The zero-order chi connectivity index (χ0) is 25.3. The fourth-order valence-electron chi connectivity index (χ4n) is 6.12. The van der Waals surface area contributed by atoms with Crippen LogP contribution in [0.2, 0.25) is 0 Å². The number of hydrogen-bond acceptors (Lipinski definition) is 2. The molecule has 0 fully saturated rings. The molecule has 0 saturated carbocycles. The minimum atomic E-state index is -0.00715. The maximum Gasteiger partial charge on any atom is 0.142 e. The molecule has 5 aromatic rings. The molecule has 0 amide bonds. The fraction of sp³-hybridized carbons (Fsp3) is 0.143. The van der Waals surface area contributed by atoms with Crippen molar-refractivity contribution in [2.45, 2.75) is 33.1 Å². The van der Waals surface area contributed by atoms with Crippen LogP contribution in [-0.2, 0) is 5.41 Å². The van der Waals surface area contributed by atoms with Crippen molar-refractivity contribution in [2.24, 2.45) is 0 Å². The Morgan fingerprint density at radius 3 is 2.38 bits per heavy atom. The molecule has 1 aliphatic carbocycles. The maximum atomic E-state index is 6.32. The molecule has 2 heterocycles. The van der Waals surface area contributed by atoms with Crippen LogP contribution in [0.4, 0.5) is 11.4 Å². The second-order valence-corrected chi connectivity index (χ2v) is 10.7. The molecule has 180 valence electrons. The van der Waals surface area contributed by atoms with Crippen LogP contribution in [0.3, 0.4) is 0 Å². The van der Waals surface area contributed by atoms with Gasteiger partial charge in [-0.3, -0.25) is 0 Å². The minimum absolute atomic E-state index is 0.00715. The smallest absolute Gasteiger partial charge is 0.142 e. The van der Waals surface area contributed by atoms with Crippen LogP contribution in [0.5, 0.6) is 0 Å². The van der Waals surface area contributed by atoms with E-state index < -0.39 is 0 Å². The van der Waals surface area contributed by atoms with Crippen molar-refractivity contribution in [3.63, 3.8) is 0 Å². The van der Waals surface area contributed by atoms with Crippen LogP contribution < -0.4 is 5.32 Å². The quantitative estimate of drug-likeness (QED) is 0.267. The van der Waals surface area contributed by atoms with E-state index >= 15 is 0 Å². The molecule has 0 saturated heterocycles. The SMILES string of the molecule is CC=Cc1oc2c(-c3ccc4c(c3)C=Cc3cc5c(cc3N4)-c3ccccc3C5(C)C)cccc2c1C. The van der Waals surface area contributed by atoms with Gasteiger partial charge in [0.1, 0.15) is 11.3 Å². The molecule has 1 N–H and O–H groups in total. The number of aryl methyl sites for hydroxylation is 1. The number of hydrogen-bond donors (Lipinski definition) is 1. The Kier molecular flexibility index (Phi) is 4.65. The average molecular weight is 480 g/mol. The molecule has 0 atom stereocenters. The Morgan fingerprint density at radius 1 is 0.757 bits per heavy atom. The Balaban J connectivity index is 1.33. The monoisotopic (exact) mass is 479 g/mol. The zero-order valence-electron chi connectivity index (χ0n) is 21.6. The Bertz CT molecular complexity index is 1790. The van der Waals surface area contributed by atoms with Gasteiger partial charge in [-0.15, -0.1) is 0 Å². The highest BCUT2D eigenvalue weighted by atomic mass is 16.3. The van der Waals surface area contributed by atoms with Gasteiger partial charge in [0.2, 0.25) is 0 Å². The predicted molar refractivity (Wildman–Crippen MR) is 157 cm³/mol. The molecule has 0 unspecified atom stereocenters. The molecule has 0 spiro atoms. The van der Waals surface area contributed by atoms with Crippen LogP contribution >= 0.6 is 0 Å². The van der Waals surface area contributed by atoms with Crippen LogP contribution in [0.15, 0.2) is 83.3 Å². The number of para-hydroxylation sites is 1. The predicted octanol–water partition coefficient (Wildman–Crippen LogP) is 9.98. The van der Waals surface area contributed by atoms with Crippen LogP contribution in [0.1, 0.15) is 54.3 Å². The molecule has 2 aliphatic rings. The van der Waals surface area contributed by atoms with E-state index in [0.717, 1.165) is 33.8 Å². The molecule has 0 bridgehead atoms. The summed E-state index contributed by atoms with van der Waals surface area (Å²) in [5, 5.41) is 4.91. The first-order valence-electron chi connectivity index (χ1n) is 13.0. The Labute approximate surface area is 218 Å². The molecule has 1 aliphatic heterocycles. The summed E-state index contributed by atoms with van der Waals surface area (Å²) in [7, 11) is 0. The van der Waals surface area contributed by atoms with Gasteiger partial charge in [-0.05, 0) is 83.1 Å². The van der Waals surface area contributed by atoms with Gasteiger partial charge in [0.15, 0.2) is 0 Å². The summed E-state index contributed by atoms with van der Waals surface area (Å²) >= 11 is 0. The van der Waals surface area contributed by atoms with Gasteiger partial charge >= 0.3 is 0 Å².